The summed E-state index contributed by atoms with van der Waals surface area (Å²) in [5.41, 5.74) is -1.34. The van der Waals surface area contributed by atoms with Crippen LogP contribution in [0.5, 0.6) is 0 Å². The Hall–Kier alpha value is -1.36. The number of rotatable bonds is 3. The molecule has 0 aliphatic carbocycles. The summed E-state index contributed by atoms with van der Waals surface area (Å²) in [6.45, 7) is 3.17. The third-order valence-electron chi connectivity index (χ3n) is 1.53. The lowest BCUT2D eigenvalue weighted by atomic mass is 10.1. The van der Waals surface area contributed by atoms with E-state index in [0.29, 0.717) is 12.4 Å². The molecule has 1 amide bonds. The second kappa shape index (κ2) is 3.57. The summed E-state index contributed by atoms with van der Waals surface area (Å²) in [5.74, 6) is 0.251. The van der Waals surface area contributed by atoms with Gasteiger partial charge < -0.3 is 15.4 Å². The predicted octanol–water partition coefficient (Wildman–Crippen LogP) is -0.203. The molecule has 5 heteroatoms. The van der Waals surface area contributed by atoms with E-state index in [1.807, 2.05) is 0 Å². The fourth-order valence-corrected chi connectivity index (χ4v) is 0.775. The van der Waals surface area contributed by atoms with E-state index in [1.165, 1.54) is 13.8 Å². The van der Waals surface area contributed by atoms with Gasteiger partial charge in [0.1, 0.15) is 11.4 Å². The number of hydrogen-bond acceptors (Lipinski definition) is 3. The first-order valence-electron chi connectivity index (χ1n) is 3.99. The molecular formula is C8H13N3O2. The molecule has 0 aliphatic heterocycles. The number of aromatic nitrogens is 2. The summed E-state index contributed by atoms with van der Waals surface area (Å²) in [5, 5.41) is 11.8. The number of imidazole rings is 1. The first-order valence-corrected chi connectivity index (χ1v) is 3.99. The number of carbonyl (C=O) groups excluding carboxylic acids is 1. The van der Waals surface area contributed by atoms with Gasteiger partial charge in [0.15, 0.2) is 0 Å². The number of nitrogens with zero attached hydrogens (tertiary/aromatic N) is 1. The number of aromatic amines is 1. The lowest BCUT2D eigenvalue weighted by Gasteiger charge is -2.15. The maximum atomic E-state index is 11.2. The highest BCUT2D eigenvalue weighted by Gasteiger charge is 2.23. The fourth-order valence-electron chi connectivity index (χ4n) is 0.775. The van der Waals surface area contributed by atoms with E-state index in [0.717, 1.165) is 0 Å². The van der Waals surface area contributed by atoms with Crippen LogP contribution < -0.4 is 5.32 Å². The van der Waals surface area contributed by atoms with Gasteiger partial charge in [-0.3, -0.25) is 4.79 Å². The van der Waals surface area contributed by atoms with Crippen molar-refractivity contribution in [2.24, 2.45) is 0 Å². The van der Waals surface area contributed by atoms with Gasteiger partial charge in [-0.25, -0.2) is 4.98 Å². The van der Waals surface area contributed by atoms with Crippen LogP contribution in [-0.2, 0) is 11.3 Å². The monoisotopic (exact) mass is 183 g/mol. The highest BCUT2D eigenvalue weighted by atomic mass is 16.3. The van der Waals surface area contributed by atoms with Crippen LogP contribution in [0.25, 0.3) is 0 Å². The van der Waals surface area contributed by atoms with Gasteiger partial charge in [-0.15, -0.1) is 0 Å². The maximum Gasteiger partial charge on any atom is 0.251 e. The van der Waals surface area contributed by atoms with Crippen molar-refractivity contribution >= 4 is 5.91 Å². The Morgan fingerprint density at radius 2 is 2.46 bits per heavy atom. The molecule has 13 heavy (non-hydrogen) atoms. The standard InChI is InChI=1S/C8H13N3O2/c1-8(2,13)7(12)11-5-6-9-3-4-10-6/h3-4,13H,5H2,1-2H3,(H,9,10)(H,11,12). The van der Waals surface area contributed by atoms with Gasteiger partial charge in [-0.1, -0.05) is 0 Å². The minimum absolute atomic E-state index is 0.301. The number of nitrogens with one attached hydrogen (secondary N) is 2. The Morgan fingerprint density at radius 3 is 2.92 bits per heavy atom. The average Bonchev–Trinajstić information content (AvgIpc) is 2.50. The molecule has 0 fully saturated rings. The molecule has 0 bridgehead atoms. The molecule has 0 atom stereocenters. The minimum atomic E-state index is -1.34. The van der Waals surface area contributed by atoms with Crippen molar-refractivity contribution in [1.29, 1.82) is 0 Å². The maximum absolute atomic E-state index is 11.2. The van der Waals surface area contributed by atoms with Crippen LogP contribution in [0.2, 0.25) is 0 Å². The van der Waals surface area contributed by atoms with Gasteiger partial charge in [-0.05, 0) is 13.8 Å². The van der Waals surface area contributed by atoms with E-state index in [9.17, 15) is 9.90 Å². The highest BCUT2D eigenvalue weighted by Crippen LogP contribution is 2.00. The van der Waals surface area contributed by atoms with E-state index < -0.39 is 11.5 Å². The van der Waals surface area contributed by atoms with E-state index in [2.05, 4.69) is 15.3 Å². The molecule has 1 aromatic rings. The van der Waals surface area contributed by atoms with Gasteiger partial charge in [0.25, 0.3) is 5.91 Å². The van der Waals surface area contributed by atoms with Crippen LogP contribution in [0.15, 0.2) is 12.4 Å². The zero-order valence-corrected chi connectivity index (χ0v) is 7.66. The molecule has 0 aliphatic rings. The first-order chi connectivity index (χ1) is 6.00. The van der Waals surface area contributed by atoms with E-state index in [-0.39, 0.29) is 0 Å². The number of carbonyl (C=O) groups is 1. The largest absolute Gasteiger partial charge is 0.381 e. The van der Waals surface area contributed by atoms with Crippen LogP contribution in [0.4, 0.5) is 0 Å². The summed E-state index contributed by atoms with van der Waals surface area (Å²) >= 11 is 0. The fraction of sp³-hybridized carbons (Fsp3) is 0.500. The summed E-state index contributed by atoms with van der Waals surface area (Å²) in [6, 6.07) is 0. The molecule has 0 spiro atoms. The Balaban J connectivity index is 2.40. The normalized spacial score (nSPS) is 11.3. The molecule has 0 unspecified atom stereocenters. The quantitative estimate of drug-likeness (QED) is 0.607. The average molecular weight is 183 g/mol. The van der Waals surface area contributed by atoms with Crippen LogP contribution in [-0.4, -0.2) is 26.6 Å². The highest BCUT2D eigenvalue weighted by molar-refractivity contribution is 5.83. The molecule has 3 N–H and O–H groups in total. The van der Waals surface area contributed by atoms with Crippen molar-refractivity contribution in [3.63, 3.8) is 0 Å². The molecule has 72 valence electrons. The Bertz CT molecular complexity index is 274. The minimum Gasteiger partial charge on any atom is -0.381 e. The topological polar surface area (TPSA) is 78.0 Å². The predicted molar refractivity (Wildman–Crippen MR) is 46.7 cm³/mol. The van der Waals surface area contributed by atoms with Crippen molar-refractivity contribution < 1.29 is 9.90 Å². The van der Waals surface area contributed by atoms with Crippen molar-refractivity contribution in [1.82, 2.24) is 15.3 Å². The van der Waals surface area contributed by atoms with E-state index in [4.69, 9.17) is 0 Å². The summed E-state index contributed by atoms with van der Waals surface area (Å²) in [7, 11) is 0. The number of aliphatic hydroxyl groups is 1. The smallest absolute Gasteiger partial charge is 0.251 e. The summed E-state index contributed by atoms with van der Waals surface area (Å²) in [4.78, 5) is 17.9. The van der Waals surface area contributed by atoms with Crippen molar-refractivity contribution in [2.75, 3.05) is 0 Å². The van der Waals surface area contributed by atoms with Gasteiger partial charge in [-0.2, -0.15) is 0 Å². The second-order valence-corrected chi connectivity index (χ2v) is 3.28. The van der Waals surface area contributed by atoms with E-state index >= 15 is 0 Å². The van der Waals surface area contributed by atoms with Gasteiger partial charge in [0.05, 0.1) is 6.54 Å². The molecule has 0 aromatic carbocycles. The van der Waals surface area contributed by atoms with Crippen LogP contribution in [0, 0.1) is 0 Å². The van der Waals surface area contributed by atoms with Crippen LogP contribution in [0.3, 0.4) is 0 Å². The molecule has 0 saturated carbocycles. The SMILES string of the molecule is CC(C)(O)C(=O)NCc1ncc[nH]1. The molecule has 1 heterocycles. The number of H-pyrrole nitrogens is 1. The lowest BCUT2D eigenvalue weighted by molar-refractivity contribution is -0.136. The third-order valence-corrected chi connectivity index (χ3v) is 1.53. The summed E-state index contributed by atoms with van der Waals surface area (Å²) < 4.78 is 0. The van der Waals surface area contributed by atoms with Crippen molar-refractivity contribution in [2.45, 2.75) is 26.0 Å². The number of hydrogen-bond donors (Lipinski definition) is 3. The molecule has 1 rings (SSSR count). The molecule has 0 radical (unpaired) electrons. The third kappa shape index (κ3) is 2.87. The van der Waals surface area contributed by atoms with Crippen LogP contribution in [0.1, 0.15) is 19.7 Å². The Kier molecular flexibility index (Phi) is 2.67. The summed E-state index contributed by atoms with van der Waals surface area (Å²) in [6.07, 6.45) is 3.27. The first kappa shape index (κ1) is 9.73. The lowest BCUT2D eigenvalue weighted by Crippen LogP contribution is -2.41. The van der Waals surface area contributed by atoms with Crippen molar-refractivity contribution in [3.05, 3.63) is 18.2 Å². The Labute approximate surface area is 76.2 Å². The molecule has 0 saturated heterocycles. The zero-order valence-electron chi connectivity index (χ0n) is 7.66. The van der Waals surface area contributed by atoms with Crippen molar-refractivity contribution in [3.8, 4) is 0 Å². The Morgan fingerprint density at radius 1 is 1.77 bits per heavy atom. The van der Waals surface area contributed by atoms with Gasteiger partial charge >= 0.3 is 0 Å². The van der Waals surface area contributed by atoms with E-state index in [1.54, 1.807) is 12.4 Å². The number of amides is 1. The zero-order chi connectivity index (χ0) is 9.90. The molecule has 5 nitrogen and oxygen atoms in total. The molecular weight excluding hydrogens is 170 g/mol. The van der Waals surface area contributed by atoms with Gasteiger partial charge in [0, 0.05) is 12.4 Å². The molecule has 1 aromatic heterocycles. The van der Waals surface area contributed by atoms with Gasteiger partial charge in [0.2, 0.25) is 0 Å². The van der Waals surface area contributed by atoms with Crippen LogP contribution >= 0.6 is 0 Å². The second-order valence-electron chi connectivity index (χ2n) is 3.28.